The summed E-state index contributed by atoms with van der Waals surface area (Å²) in [5.74, 6) is -2.22. The zero-order valence-corrected chi connectivity index (χ0v) is 26.9. The van der Waals surface area contributed by atoms with Crippen molar-refractivity contribution < 1.29 is 37.1 Å². The van der Waals surface area contributed by atoms with Crippen LogP contribution in [0.25, 0.3) is 0 Å². The van der Waals surface area contributed by atoms with Crippen LogP contribution >= 0.6 is 11.3 Å². The number of thiazole rings is 1. The second kappa shape index (κ2) is 15.4. The number of nitrogens with two attached hydrogens (primary N) is 1. The first-order chi connectivity index (χ1) is 20.7. The number of esters is 2. The molecule has 14 nitrogen and oxygen atoms in total. The van der Waals surface area contributed by atoms with Gasteiger partial charge in [0.2, 0.25) is 11.8 Å². The Hall–Kier alpha value is -3.60. The topological polar surface area (TPSA) is 190 Å². The molecule has 0 radical (unpaired) electrons. The lowest BCUT2D eigenvalue weighted by Crippen LogP contribution is -2.58. The minimum atomic E-state index is -4.19. The Morgan fingerprint density at radius 1 is 1.02 bits per heavy atom. The molecule has 2 aromatic rings. The fourth-order valence-electron chi connectivity index (χ4n) is 4.46. The van der Waals surface area contributed by atoms with Crippen LogP contribution in [0.5, 0.6) is 0 Å². The largest absolute Gasteiger partial charge is 0.467 e. The van der Waals surface area contributed by atoms with E-state index in [4.69, 9.17) is 15.2 Å². The van der Waals surface area contributed by atoms with E-state index in [1.807, 2.05) is 0 Å². The highest BCUT2D eigenvalue weighted by atomic mass is 32.2. The molecule has 1 fully saturated rings. The molecule has 1 aromatic heterocycles. The van der Waals surface area contributed by atoms with Gasteiger partial charge in [-0.15, -0.1) is 11.3 Å². The summed E-state index contributed by atoms with van der Waals surface area (Å²) in [6.45, 7) is 5.43. The molecule has 0 bridgehead atoms. The molecule has 0 aliphatic carbocycles. The van der Waals surface area contributed by atoms with Gasteiger partial charge >= 0.3 is 11.9 Å². The van der Waals surface area contributed by atoms with Gasteiger partial charge in [0.25, 0.3) is 10.2 Å². The van der Waals surface area contributed by atoms with Gasteiger partial charge in [0.05, 0.1) is 19.2 Å². The molecule has 242 valence electrons. The number of hydrogen-bond acceptors (Lipinski definition) is 11. The van der Waals surface area contributed by atoms with Crippen LogP contribution in [0.15, 0.2) is 35.7 Å². The lowest BCUT2D eigenvalue weighted by Gasteiger charge is -2.35. The number of methoxy groups -OCH3 is 1. The zero-order valence-electron chi connectivity index (χ0n) is 25.3. The number of carbonyl (C=O) groups excluding carboxylic acids is 4. The molecule has 0 saturated carbocycles. The molecule has 0 spiro atoms. The zero-order chi connectivity index (χ0) is 32.5. The number of rotatable bonds is 13. The third-order valence-corrected chi connectivity index (χ3v) is 8.92. The highest BCUT2D eigenvalue weighted by Gasteiger charge is 2.34. The molecule has 44 heavy (non-hydrogen) atoms. The minimum absolute atomic E-state index is 0.000829. The number of anilines is 1. The van der Waals surface area contributed by atoms with Crippen LogP contribution in [-0.2, 0) is 51.7 Å². The lowest BCUT2D eigenvalue weighted by molar-refractivity contribution is -0.156. The molecular weight excluding hydrogens is 612 g/mol. The number of piperazine rings is 1. The summed E-state index contributed by atoms with van der Waals surface area (Å²) in [6.07, 6.45) is -0.115. The van der Waals surface area contributed by atoms with Crippen molar-refractivity contribution in [3.63, 3.8) is 0 Å². The molecule has 2 heterocycles. The predicted octanol–water partition coefficient (Wildman–Crippen LogP) is 0.637. The van der Waals surface area contributed by atoms with Crippen molar-refractivity contribution >= 4 is 50.4 Å². The van der Waals surface area contributed by atoms with Gasteiger partial charge in [-0.3, -0.25) is 14.4 Å². The van der Waals surface area contributed by atoms with E-state index in [1.54, 1.807) is 56.5 Å². The van der Waals surface area contributed by atoms with E-state index < -0.39 is 45.7 Å². The highest BCUT2D eigenvalue weighted by molar-refractivity contribution is 7.87. The highest BCUT2D eigenvalue weighted by Crippen LogP contribution is 2.15. The second-order valence-corrected chi connectivity index (χ2v) is 13.8. The normalized spacial score (nSPS) is 15.7. The van der Waals surface area contributed by atoms with E-state index in [-0.39, 0.29) is 57.8 Å². The van der Waals surface area contributed by atoms with Crippen molar-refractivity contribution in [3.8, 4) is 0 Å². The summed E-state index contributed by atoms with van der Waals surface area (Å²) in [6, 6.07) is 6.43. The van der Waals surface area contributed by atoms with Gasteiger partial charge in [0.1, 0.15) is 17.7 Å². The first-order valence-corrected chi connectivity index (χ1v) is 16.4. The number of benzene rings is 1. The Morgan fingerprint density at radius 3 is 2.25 bits per heavy atom. The van der Waals surface area contributed by atoms with Gasteiger partial charge in [-0.2, -0.15) is 17.4 Å². The van der Waals surface area contributed by atoms with E-state index in [9.17, 15) is 27.6 Å². The van der Waals surface area contributed by atoms with Crippen LogP contribution in [0.4, 0.5) is 5.13 Å². The fourth-order valence-corrected chi connectivity index (χ4v) is 6.38. The van der Waals surface area contributed by atoms with Gasteiger partial charge in [0.15, 0.2) is 5.13 Å². The maximum Gasteiger partial charge on any atom is 0.328 e. The average molecular weight is 653 g/mol. The Labute approximate surface area is 261 Å². The van der Waals surface area contributed by atoms with Crippen LogP contribution in [0, 0.1) is 0 Å². The van der Waals surface area contributed by atoms with Crippen molar-refractivity contribution in [1.29, 1.82) is 0 Å². The average Bonchev–Trinajstić information content (AvgIpc) is 3.38. The van der Waals surface area contributed by atoms with Crippen molar-refractivity contribution in [1.82, 2.24) is 24.2 Å². The third kappa shape index (κ3) is 10.8. The maximum absolute atomic E-state index is 13.5. The van der Waals surface area contributed by atoms with Gasteiger partial charge in [-0.25, -0.2) is 9.78 Å². The van der Waals surface area contributed by atoms with Gasteiger partial charge in [0, 0.05) is 44.4 Å². The standard InChI is InChI=1S/C28H40N6O8S2/c1-28(2,3)42-24(36)11-10-23(35)33-12-14-34(15-13-33)44(39,40)32-21(16-19-8-6-5-7-9-19)25(37)31-22(26(38)41-4)17-20-18-43-27(29)30-20/h5-9,18,21-22,32H,10-17H2,1-4H3,(H2,29,30)(H,31,37)/t21-,22-/m0/s1. The molecule has 1 aliphatic rings. The fraction of sp³-hybridized carbons (Fsp3) is 0.536. The summed E-state index contributed by atoms with van der Waals surface area (Å²) in [5, 5.41) is 4.56. The van der Waals surface area contributed by atoms with Gasteiger partial charge in [-0.05, 0) is 32.8 Å². The predicted molar refractivity (Wildman–Crippen MR) is 163 cm³/mol. The summed E-state index contributed by atoms with van der Waals surface area (Å²) in [5.41, 5.74) is 6.20. The van der Waals surface area contributed by atoms with Gasteiger partial charge < -0.3 is 25.4 Å². The third-order valence-electron chi connectivity index (χ3n) is 6.57. The molecule has 1 aromatic carbocycles. The first-order valence-electron chi connectivity index (χ1n) is 14.1. The Bertz CT molecular complexity index is 1400. The molecular formula is C28H40N6O8S2. The van der Waals surface area contributed by atoms with Crippen molar-refractivity contribution in [3.05, 3.63) is 47.0 Å². The molecule has 1 saturated heterocycles. The van der Waals surface area contributed by atoms with Crippen molar-refractivity contribution in [2.24, 2.45) is 0 Å². The summed E-state index contributed by atoms with van der Waals surface area (Å²) >= 11 is 1.18. The smallest absolute Gasteiger partial charge is 0.328 e. The van der Waals surface area contributed by atoms with Crippen LogP contribution in [-0.4, -0.2) is 97.3 Å². The molecule has 2 atom stereocenters. The summed E-state index contributed by atoms with van der Waals surface area (Å²) in [7, 11) is -3.01. The summed E-state index contributed by atoms with van der Waals surface area (Å²) in [4.78, 5) is 56.2. The quantitative estimate of drug-likeness (QED) is 0.259. The Kier molecular flexibility index (Phi) is 12.2. The maximum atomic E-state index is 13.5. The SMILES string of the molecule is COC(=O)[C@H](Cc1csc(N)n1)NC(=O)[C@H](Cc1ccccc1)NS(=O)(=O)N1CCN(C(=O)CCC(=O)OC(C)(C)C)CC1. The number of nitrogen functional groups attached to an aromatic ring is 1. The Morgan fingerprint density at radius 2 is 1.68 bits per heavy atom. The lowest BCUT2D eigenvalue weighted by atomic mass is 10.1. The first kappa shape index (κ1) is 34.9. The van der Waals surface area contributed by atoms with Crippen LogP contribution < -0.4 is 15.8 Å². The minimum Gasteiger partial charge on any atom is -0.467 e. The number of ether oxygens (including phenoxy) is 2. The molecule has 16 heteroatoms. The number of nitrogens with one attached hydrogen (secondary N) is 2. The van der Waals surface area contributed by atoms with Gasteiger partial charge in [-0.1, -0.05) is 30.3 Å². The monoisotopic (exact) mass is 652 g/mol. The van der Waals surface area contributed by atoms with Crippen LogP contribution in [0.2, 0.25) is 0 Å². The van der Waals surface area contributed by atoms with E-state index in [1.165, 1.54) is 23.3 Å². The number of nitrogens with zero attached hydrogens (tertiary/aromatic N) is 3. The van der Waals surface area contributed by atoms with Crippen molar-refractivity contribution in [2.75, 3.05) is 39.0 Å². The molecule has 2 amide bonds. The van der Waals surface area contributed by atoms with E-state index in [2.05, 4.69) is 15.0 Å². The van der Waals surface area contributed by atoms with Crippen molar-refractivity contribution in [2.45, 2.75) is 64.1 Å². The second-order valence-electron chi connectivity index (χ2n) is 11.2. The molecule has 4 N–H and O–H groups in total. The van der Waals surface area contributed by atoms with E-state index >= 15 is 0 Å². The van der Waals surface area contributed by atoms with E-state index in [0.29, 0.717) is 16.4 Å². The number of amides is 2. The van der Waals surface area contributed by atoms with E-state index in [0.717, 1.165) is 4.31 Å². The number of carbonyl (C=O) groups is 4. The Balaban J connectivity index is 1.66. The number of hydrogen-bond donors (Lipinski definition) is 3. The molecule has 3 rings (SSSR count). The number of aromatic nitrogens is 1. The van der Waals surface area contributed by atoms with Crippen LogP contribution in [0.3, 0.4) is 0 Å². The van der Waals surface area contributed by atoms with Crippen LogP contribution in [0.1, 0.15) is 44.9 Å². The molecule has 1 aliphatic heterocycles. The summed E-state index contributed by atoms with van der Waals surface area (Å²) < 4.78 is 40.6. The molecule has 0 unspecified atom stereocenters.